The SMILES string of the molecule is CCOC(Cc1ccc(OCC=Cc2cc(-c3ccccc3)cc(-c3ccccc3)c2)cc1)C(=O)O. The quantitative estimate of drug-likeness (QED) is 0.249. The molecule has 0 aliphatic rings. The van der Waals surface area contributed by atoms with E-state index >= 15 is 0 Å². The van der Waals surface area contributed by atoms with Crippen LogP contribution in [0.5, 0.6) is 5.75 Å². The lowest BCUT2D eigenvalue weighted by Gasteiger charge is -2.12. The van der Waals surface area contributed by atoms with Crippen molar-refractivity contribution in [1.29, 1.82) is 0 Å². The van der Waals surface area contributed by atoms with Gasteiger partial charge in [-0.25, -0.2) is 4.79 Å². The Labute approximate surface area is 212 Å². The highest BCUT2D eigenvalue weighted by molar-refractivity contribution is 5.77. The predicted octanol–water partition coefficient (Wildman–Crippen LogP) is 7.15. The number of hydrogen-bond donors (Lipinski definition) is 1. The fourth-order valence-corrected chi connectivity index (χ4v) is 4.03. The van der Waals surface area contributed by atoms with Gasteiger partial charge in [-0.2, -0.15) is 0 Å². The molecule has 0 aliphatic carbocycles. The molecule has 182 valence electrons. The molecule has 0 fully saturated rings. The summed E-state index contributed by atoms with van der Waals surface area (Å²) < 4.78 is 11.2. The van der Waals surface area contributed by atoms with Crippen molar-refractivity contribution in [2.45, 2.75) is 19.4 Å². The summed E-state index contributed by atoms with van der Waals surface area (Å²) in [5, 5.41) is 9.26. The molecule has 0 amide bonds. The number of hydrogen-bond acceptors (Lipinski definition) is 3. The van der Waals surface area contributed by atoms with E-state index in [-0.39, 0.29) is 0 Å². The van der Waals surface area contributed by atoms with E-state index in [1.54, 1.807) is 6.92 Å². The average Bonchev–Trinajstić information content (AvgIpc) is 2.92. The van der Waals surface area contributed by atoms with Crippen LogP contribution in [0.25, 0.3) is 28.3 Å². The van der Waals surface area contributed by atoms with Crippen molar-refractivity contribution in [1.82, 2.24) is 0 Å². The number of carboxylic acid groups (broad SMARTS) is 1. The van der Waals surface area contributed by atoms with Gasteiger partial charge in [-0.15, -0.1) is 0 Å². The molecule has 0 aliphatic heterocycles. The number of benzene rings is 4. The molecule has 1 atom stereocenters. The first-order chi connectivity index (χ1) is 17.6. The third-order valence-corrected chi connectivity index (χ3v) is 5.81. The van der Waals surface area contributed by atoms with Gasteiger partial charge in [0, 0.05) is 13.0 Å². The van der Waals surface area contributed by atoms with Crippen molar-refractivity contribution in [3.63, 3.8) is 0 Å². The fourth-order valence-electron chi connectivity index (χ4n) is 4.03. The molecular weight excluding hydrogens is 448 g/mol. The molecule has 4 aromatic rings. The minimum atomic E-state index is -0.950. The van der Waals surface area contributed by atoms with Gasteiger partial charge in [0.15, 0.2) is 6.10 Å². The van der Waals surface area contributed by atoms with Gasteiger partial charge in [0.25, 0.3) is 0 Å². The lowest BCUT2D eigenvalue weighted by Crippen LogP contribution is -2.26. The second-order valence-corrected chi connectivity index (χ2v) is 8.42. The van der Waals surface area contributed by atoms with Gasteiger partial charge in [0.1, 0.15) is 12.4 Å². The average molecular weight is 479 g/mol. The summed E-state index contributed by atoms with van der Waals surface area (Å²) in [5.41, 5.74) is 6.68. The highest BCUT2D eigenvalue weighted by atomic mass is 16.5. The first-order valence-electron chi connectivity index (χ1n) is 12.1. The van der Waals surface area contributed by atoms with Crippen LogP contribution in [-0.4, -0.2) is 30.4 Å². The lowest BCUT2D eigenvalue weighted by atomic mass is 9.96. The summed E-state index contributed by atoms with van der Waals surface area (Å²) in [6, 6.07) is 34.8. The van der Waals surface area contributed by atoms with E-state index in [1.165, 1.54) is 22.3 Å². The fraction of sp³-hybridized carbons (Fsp3) is 0.156. The summed E-state index contributed by atoms with van der Waals surface area (Å²) in [7, 11) is 0. The van der Waals surface area contributed by atoms with Crippen molar-refractivity contribution >= 4 is 12.0 Å². The van der Waals surface area contributed by atoms with Gasteiger partial charge in [0.05, 0.1) is 0 Å². The Morgan fingerprint density at radius 3 is 1.92 bits per heavy atom. The topological polar surface area (TPSA) is 55.8 Å². The standard InChI is InChI=1S/C32H30O4/c1-2-35-31(32(33)34)22-24-15-17-30(18-16-24)36-19-9-10-25-20-28(26-11-5-3-6-12-26)23-29(21-25)27-13-7-4-8-14-27/h3-18,20-21,23,31H,2,19,22H2,1H3,(H,33,34). The molecule has 4 aromatic carbocycles. The van der Waals surface area contributed by atoms with Crippen LogP contribution in [0, 0.1) is 0 Å². The van der Waals surface area contributed by atoms with Crippen LogP contribution in [0.2, 0.25) is 0 Å². The lowest BCUT2D eigenvalue weighted by molar-refractivity contribution is -0.149. The minimum Gasteiger partial charge on any atom is -0.490 e. The summed E-state index contributed by atoms with van der Waals surface area (Å²) in [4.78, 5) is 11.3. The number of aliphatic carboxylic acids is 1. The molecule has 1 N–H and O–H groups in total. The van der Waals surface area contributed by atoms with Crippen LogP contribution in [0.3, 0.4) is 0 Å². The molecule has 0 radical (unpaired) electrons. The second kappa shape index (κ2) is 12.5. The van der Waals surface area contributed by atoms with Gasteiger partial charge in [-0.3, -0.25) is 0 Å². The zero-order chi connectivity index (χ0) is 25.2. The molecule has 0 bridgehead atoms. The Balaban J connectivity index is 1.44. The number of carbonyl (C=O) groups is 1. The van der Waals surface area contributed by atoms with Crippen molar-refractivity contribution in [3.05, 3.63) is 120 Å². The predicted molar refractivity (Wildman–Crippen MR) is 145 cm³/mol. The van der Waals surface area contributed by atoms with Crippen LogP contribution in [-0.2, 0) is 16.0 Å². The maximum Gasteiger partial charge on any atom is 0.333 e. The molecule has 0 saturated carbocycles. The van der Waals surface area contributed by atoms with Gasteiger partial charge in [0.2, 0.25) is 0 Å². The van der Waals surface area contributed by atoms with Crippen LogP contribution in [0.1, 0.15) is 18.1 Å². The third kappa shape index (κ3) is 6.94. The maximum atomic E-state index is 11.3. The largest absolute Gasteiger partial charge is 0.490 e. The van der Waals surface area contributed by atoms with Crippen molar-refractivity contribution in [3.8, 4) is 28.0 Å². The molecule has 1 unspecified atom stereocenters. The third-order valence-electron chi connectivity index (χ3n) is 5.81. The van der Waals surface area contributed by atoms with Crippen LogP contribution in [0.4, 0.5) is 0 Å². The Kier molecular flexibility index (Phi) is 8.68. The van der Waals surface area contributed by atoms with Crippen LogP contribution < -0.4 is 4.74 Å². The summed E-state index contributed by atoms with van der Waals surface area (Å²) >= 11 is 0. The Morgan fingerprint density at radius 1 is 0.806 bits per heavy atom. The van der Waals surface area contributed by atoms with E-state index in [0.717, 1.165) is 16.9 Å². The molecule has 4 heteroatoms. The molecule has 0 spiro atoms. The van der Waals surface area contributed by atoms with E-state index in [1.807, 2.05) is 42.5 Å². The van der Waals surface area contributed by atoms with E-state index in [0.29, 0.717) is 19.6 Å². The van der Waals surface area contributed by atoms with Gasteiger partial charge in [-0.05, 0) is 76.7 Å². The van der Waals surface area contributed by atoms with E-state index in [4.69, 9.17) is 9.47 Å². The summed E-state index contributed by atoms with van der Waals surface area (Å²) in [6.45, 7) is 2.58. The van der Waals surface area contributed by atoms with Gasteiger partial charge in [-0.1, -0.05) is 78.9 Å². The zero-order valence-corrected chi connectivity index (χ0v) is 20.3. The molecule has 0 saturated heterocycles. The molecule has 36 heavy (non-hydrogen) atoms. The first-order valence-corrected chi connectivity index (χ1v) is 12.1. The monoisotopic (exact) mass is 478 g/mol. The zero-order valence-electron chi connectivity index (χ0n) is 20.3. The Hall–Kier alpha value is -4.15. The van der Waals surface area contributed by atoms with Crippen LogP contribution in [0.15, 0.2) is 109 Å². The molecule has 0 heterocycles. The summed E-state index contributed by atoms with van der Waals surface area (Å²) in [6.07, 6.45) is 3.57. The Morgan fingerprint density at radius 2 is 1.39 bits per heavy atom. The highest BCUT2D eigenvalue weighted by Gasteiger charge is 2.17. The maximum absolute atomic E-state index is 11.3. The van der Waals surface area contributed by atoms with Crippen molar-refractivity contribution < 1.29 is 19.4 Å². The smallest absolute Gasteiger partial charge is 0.333 e. The van der Waals surface area contributed by atoms with Gasteiger partial charge >= 0.3 is 5.97 Å². The van der Waals surface area contributed by atoms with Crippen molar-refractivity contribution in [2.75, 3.05) is 13.2 Å². The summed E-state index contributed by atoms with van der Waals surface area (Å²) in [5.74, 6) is -0.219. The van der Waals surface area contributed by atoms with Crippen LogP contribution >= 0.6 is 0 Å². The molecule has 4 nitrogen and oxygen atoms in total. The van der Waals surface area contributed by atoms with Gasteiger partial charge < -0.3 is 14.6 Å². The Bertz CT molecular complexity index is 1220. The van der Waals surface area contributed by atoms with E-state index in [2.05, 4.69) is 72.8 Å². The first kappa shape index (κ1) is 25.0. The highest BCUT2D eigenvalue weighted by Crippen LogP contribution is 2.29. The van der Waals surface area contributed by atoms with E-state index < -0.39 is 12.1 Å². The number of rotatable bonds is 11. The molecule has 4 rings (SSSR count). The minimum absolute atomic E-state index is 0.324. The number of ether oxygens (including phenoxy) is 2. The van der Waals surface area contributed by atoms with E-state index in [9.17, 15) is 9.90 Å². The van der Waals surface area contributed by atoms with Crippen molar-refractivity contribution in [2.24, 2.45) is 0 Å². The normalized spacial score (nSPS) is 11.9. The second-order valence-electron chi connectivity index (χ2n) is 8.42. The molecule has 0 aromatic heterocycles. The molecular formula is C32H30O4. The number of carboxylic acids is 1.